The van der Waals surface area contributed by atoms with E-state index >= 15 is 0 Å². The number of benzene rings is 2. The molecule has 1 amide bonds. The number of hydrogen-bond donors (Lipinski definition) is 1. The summed E-state index contributed by atoms with van der Waals surface area (Å²) in [6.45, 7) is 0. The summed E-state index contributed by atoms with van der Waals surface area (Å²) in [5.74, 6) is -0.0931. The van der Waals surface area contributed by atoms with Crippen molar-refractivity contribution in [3.8, 4) is 22.5 Å². The molecule has 36 heavy (non-hydrogen) atoms. The van der Waals surface area contributed by atoms with Crippen molar-refractivity contribution < 1.29 is 17.6 Å². The van der Waals surface area contributed by atoms with E-state index in [0.717, 1.165) is 24.0 Å². The quantitative estimate of drug-likeness (QED) is 0.354. The van der Waals surface area contributed by atoms with Gasteiger partial charge in [-0.15, -0.1) is 0 Å². The number of hydrogen-bond acceptors (Lipinski definition) is 6. The Morgan fingerprint density at radius 2 is 1.78 bits per heavy atom. The minimum atomic E-state index is -3.87. The van der Waals surface area contributed by atoms with E-state index in [0.29, 0.717) is 22.7 Å². The predicted molar refractivity (Wildman–Crippen MR) is 134 cm³/mol. The summed E-state index contributed by atoms with van der Waals surface area (Å²) in [7, 11) is -3.87. The van der Waals surface area contributed by atoms with E-state index in [4.69, 9.17) is 4.42 Å². The molecule has 2 aromatic carbocycles. The van der Waals surface area contributed by atoms with Gasteiger partial charge in [-0.1, -0.05) is 42.5 Å². The summed E-state index contributed by atoms with van der Waals surface area (Å²) in [6, 6.07) is 20.1. The summed E-state index contributed by atoms with van der Waals surface area (Å²) in [6.07, 6.45) is 6.89. The van der Waals surface area contributed by atoms with Crippen LogP contribution in [0.4, 0.5) is 0 Å². The maximum absolute atomic E-state index is 13.4. The molecule has 1 aliphatic carbocycles. The number of rotatable bonds is 7. The third-order valence-electron chi connectivity index (χ3n) is 6.09. The zero-order valence-corrected chi connectivity index (χ0v) is 20.0. The number of sulfone groups is 1. The average Bonchev–Trinajstić information content (AvgIpc) is 3.37. The third-order valence-corrected chi connectivity index (χ3v) is 7.62. The van der Waals surface area contributed by atoms with Crippen molar-refractivity contribution in [3.63, 3.8) is 0 Å². The molecule has 9 heteroatoms. The molecule has 8 nitrogen and oxygen atoms in total. The van der Waals surface area contributed by atoms with Gasteiger partial charge in [-0.25, -0.2) is 18.4 Å². The summed E-state index contributed by atoms with van der Waals surface area (Å²) in [5, 5.41) is 2.86. The Kier molecular flexibility index (Phi) is 5.41. The Morgan fingerprint density at radius 1 is 1.00 bits per heavy atom. The number of carbonyl (C=O) groups is 1. The summed E-state index contributed by atoms with van der Waals surface area (Å²) in [4.78, 5) is 21.4. The van der Waals surface area contributed by atoms with E-state index in [1.54, 1.807) is 41.1 Å². The van der Waals surface area contributed by atoms with Gasteiger partial charge >= 0.3 is 0 Å². The molecule has 1 aliphatic rings. The first-order valence-corrected chi connectivity index (χ1v) is 13.2. The molecule has 3 aromatic heterocycles. The Hall–Kier alpha value is -4.24. The van der Waals surface area contributed by atoms with Crippen LogP contribution in [-0.4, -0.2) is 34.7 Å². The number of carbonyl (C=O) groups excluding carboxylic acids is 1. The lowest BCUT2D eigenvalue weighted by atomic mass is 10.1. The molecule has 1 saturated carbocycles. The highest BCUT2D eigenvalue weighted by Gasteiger charge is 2.26. The van der Waals surface area contributed by atoms with Crippen LogP contribution in [0.5, 0.6) is 0 Å². The minimum Gasteiger partial charge on any atom is -0.468 e. The minimum absolute atomic E-state index is 0.0935. The molecule has 0 radical (unpaired) electrons. The lowest BCUT2D eigenvalue weighted by Crippen LogP contribution is -2.25. The summed E-state index contributed by atoms with van der Waals surface area (Å²) in [5.41, 5.74) is 3.57. The van der Waals surface area contributed by atoms with E-state index in [1.165, 1.54) is 6.26 Å². The van der Waals surface area contributed by atoms with Gasteiger partial charge in [0.05, 0.1) is 23.8 Å². The van der Waals surface area contributed by atoms with E-state index in [2.05, 4.69) is 15.3 Å². The Bertz CT molecular complexity index is 1650. The second kappa shape index (κ2) is 8.76. The molecule has 1 N–H and O–H groups in total. The van der Waals surface area contributed by atoms with Crippen molar-refractivity contribution in [2.75, 3.05) is 0 Å². The number of aromatic nitrogens is 3. The smallest absolute Gasteiger partial charge is 0.251 e. The second-order valence-electron chi connectivity index (χ2n) is 8.80. The van der Waals surface area contributed by atoms with Gasteiger partial charge < -0.3 is 9.73 Å². The molecule has 0 unspecified atom stereocenters. The van der Waals surface area contributed by atoms with Crippen LogP contribution in [0.25, 0.3) is 28.2 Å². The number of amides is 1. The molecular weight excluding hydrogens is 476 g/mol. The van der Waals surface area contributed by atoms with Crippen molar-refractivity contribution in [3.05, 3.63) is 96.7 Å². The van der Waals surface area contributed by atoms with Crippen molar-refractivity contribution in [1.82, 2.24) is 19.7 Å². The van der Waals surface area contributed by atoms with Gasteiger partial charge in [0.2, 0.25) is 9.84 Å². The van der Waals surface area contributed by atoms with Crippen LogP contribution >= 0.6 is 0 Å². The SMILES string of the molecule is O=C(NC1CC1)c1ccc(-c2cnc3c(S(=O)(=O)Cc4ccco4)nc(-c4ccccc4)cn23)cc1. The van der Waals surface area contributed by atoms with Crippen LogP contribution in [0, 0.1) is 0 Å². The third kappa shape index (κ3) is 4.29. The normalized spacial score (nSPS) is 13.7. The fourth-order valence-electron chi connectivity index (χ4n) is 4.07. The average molecular weight is 499 g/mol. The highest BCUT2D eigenvalue weighted by atomic mass is 32.2. The molecule has 0 atom stereocenters. The molecular formula is C27H22N4O4S. The molecule has 5 aromatic rings. The maximum Gasteiger partial charge on any atom is 0.251 e. The number of fused-ring (bicyclic) bond motifs is 1. The van der Waals surface area contributed by atoms with Crippen molar-refractivity contribution >= 4 is 21.4 Å². The van der Waals surface area contributed by atoms with Crippen molar-refractivity contribution in [2.24, 2.45) is 0 Å². The fraction of sp³-hybridized carbons (Fsp3) is 0.148. The first kappa shape index (κ1) is 22.2. The number of nitrogens with one attached hydrogen (secondary N) is 1. The van der Waals surface area contributed by atoms with Gasteiger partial charge in [0.25, 0.3) is 5.91 Å². The van der Waals surface area contributed by atoms with Crippen LogP contribution < -0.4 is 5.32 Å². The Balaban J connectivity index is 1.46. The molecule has 3 heterocycles. The van der Waals surface area contributed by atoms with Gasteiger partial charge in [-0.05, 0) is 37.1 Å². The zero-order valence-electron chi connectivity index (χ0n) is 19.2. The van der Waals surface area contributed by atoms with Gasteiger partial charge in [0.15, 0.2) is 10.7 Å². The van der Waals surface area contributed by atoms with Crippen molar-refractivity contribution in [1.29, 1.82) is 0 Å². The number of furan rings is 1. The van der Waals surface area contributed by atoms with Gasteiger partial charge in [-0.3, -0.25) is 9.20 Å². The number of nitrogens with zero attached hydrogens (tertiary/aromatic N) is 3. The van der Waals surface area contributed by atoms with Crippen LogP contribution in [-0.2, 0) is 15.6 Å². The monoisotopic (exact) mass is 498 g/mol. The Labute approximate surface area is 207 Å². The van der Waals surface area contributed by atoms with Crippen LogP contribution in [0.2, 0.25) is 0 Å². The zero-order chi connectivity index (χ0) is 24.7. The first-order valence-electron chi connectivity index (χ1n) is 11.6. The van der Waals surface area contributed by atoms with Gasteiger partial charge in [0, 0.05) is 28.9 Å². The first-order chi connectivity index (χ1) is 17.5. The molecule has 0 saturated heterocycles. The molecule has 0 spiro atoms. The summed E-state index contributed by atoms with van der Waals surface area (Å²) >= 11 is 0. The highest BCUT2D eigenvalue weighted by Crippen LogP contribution is 2.29. The van der Waals surface area contributed by atoms with E-state index in [9.17, 15) is 13.2 Å². The largest absolute Gasteiger partial charge is 0.468 e. The maximum atomic E-state index is 13.4. The van der Waals surface area contributed by atoms with Gasteiger partial charge in [-0.2, -0.15) is 0 Å². The van der Waals surface area contributed by atoms with E-state index in [-0.39, 0.29) is 28.4 Å². The second-order valence-corrected chi connectivity index (χ2v) is 10.7. The molecule has 6 rings (SSSR count). The fourth-order valence-corrected chi connectivity index (χ4v) is 5.41. The lowest BCUT2D eigenvalue weighted by molar-refractivity contribution is 0.0951. The Morgan fingerprint density at radius 3 is 2.47 bits per heavy atom. The lowest BCUT2D eigenvalue weighted by Gasteiger charge is -2.10. The predicted octanol–water partition coefficient (Wildman–Crippen LogP) is 4.52. The number of imidazole rings is 1. The van der Waals surface area contributed by atoms with E-state index < -0.39 is 9.84 Å². The van der Waals surface area contributed by atoms with E-state index in [1.807, 2.05) is 42.5 Å². The molecule has 0 bridgehead atoms. The van der Waals surface area contributed by atoms with Crippen LogP contribution in [0.1, 0.15) is 29.0 Å². The van der Waals surface area contributed by atoms with Crippen molar-refractivity contribution in [2.45, 2.75) is 29.7 Å². The molecule has 180 valence electrons. The molecule has 1 fully saturated rings. The van der Waals surface area contributed by atoms with Crippen LogP contribution in [0.3, 0.4) is 0 Å². The summed E-state index contributed by atoms with van der Waals surface area (Å²) < 4.78 is 33.9. The topological polar surface area (TPSA) is 107 Å². The standard InChI is InChI=1S/C27H22N4O4S/c32-26(29-21-12-13-21)20-10-8-19(9-11-20)24-15-28-25-27(36(33,34)17-22-7-4-14-35-22)30-23(16-31(24)25)18-5-2-1-3-6-18/h1-11,14-16,21H,12-13,17H2,(H,29,32). The van der Waals surface area contributed by atoms with Crippen LogP contribution in [0.15, 0.2) is 94.8 Å². The van der Waals surface area contributed by atoms with Gasteiger partial charge in [0.1, 0.15) is 11.5 Å². The molecule has 0 aliphatic heterocycles. The highest BCUT2D eigenvalue weighted by molar-refractivity contribution is 7.90.